The van der Waals surface area contributed by atoms with E-state index in [0.717, 1.165) is 17.8 Å². The van der Waals surface area contributed by atoms with Crippen LogP contribution in [-0.4, -0.2) is 21.0 Å². The molecule has 0 aromatic carbocycles. The molecule has 1 amide bonds. The fraction of sp³-hybridized carbons (Fsp3) is 0.250. The first-order valence-corrected chi connectivity index (χ1v) is 6.28. The Morgan fingerprint density at radius 1 is 1.52 bits per heavy atom. The predicted molar refractivity (Wildman–Crippen MR) is 73.0 cm³/mol. The molecule has 2 rings (SSSR count). The number of carbonyl (C=O) groups excluding carboxylic acids is 1. The summed E-state index contributed by atoms with van der Waals surface area (Å²) in [6.07, 6.45) is 0.952. The van der Waals surface area contributed by atoms with Crippen molar-refractivity contribution in [3.8, 4) is 0 Å². The second kappa shape index (κ2) is 5.88. The van der Waals surface area contributed by atoms with Crippen LogP contribution in [0.1, 0.15) is 27.4 Å². The maximum atomic E-state index is 12.1. The van der Waals surface area contributed by atoms with Gasteiger partial charge in [0.1, 0.15) is 22.7 Å². The van der Waals surface area contributed by atoms with E-state index in [9.17, 15) is 14.9 Å². The van der Waals surface area contributed by atoms with Crippen LogP contribution in [0, 0.1) is 24.0 Å². The number of rotatable bonds is 4. The van der Waals surface area contributed by atoms with Gasteiger partial charge >= 0.3 is 0 Å². The van der Waals surface area contributed by atoms with E-state index in [-0.39, 0.29) is 17.3 Å². The van der Waals surface area contributed by atoms with Crippen LogP contribution in [0.2, 0.25) is 5.15 Å². The van der Waals surface area contributed by atoms with Gasteiger partial charge in [-0.25, -0.2) is 4.98 Å². The molecular formula is C12H11ClN4O4. The molecule has 0 saturated heterocycles. The fourth-order valence-electron chi connectivity index (χ4n) is 1.77. The van der Waals surface area contributed by atoms with Crippen LogP contribution in [0.5, 0.6) is 0 Å². The molecule has 0 radical (unpaired) electrons. The van der Waals surface area contributed by atoms with Gasteiger partial charge in [-0.15, -0.1) is 0 Å². The van der Waals surface area contributed by atoms with Gasteiger partial charge in [0, 0.05) is 12.1 Å². The number of hydrogen-bond donors (Lipinski definition) is 1. The smallest absolute Gasteiger partial charge is 0.300 e. The monoisotopic (exact) mass is 310 g/mol. The third kappa shape index (κ3) is 3.16. The van der Waals surface area contributed by atoms with E-state index in [4.69, 9.17) is 16.1 Å². The van der Waals surface area contributed by atoms with Gasteiger partial charge < -0.3 is 9.84 Å². The summed E-state index contributed by atoms with van der Waals surface area (Å²) in [5.41, 5.74) is 0.823. The minimum absolute atomic E-state index is 0.00286. The molecule has 0 atom stereocenters. The summed E-state index contributed by atoms with van der Waals surface area (Å²) in [4.78, 5) is 25.9. The highest BCUT2D eigenvalue weighted by Gasteiger charge is 2.22. The summed E-state index contributed by atoms with van der Waals surface area (Å²) >= 11 is 5.68. The van der Waals surface area contributed by atoms with Crippen molar-refractivity contribution in [2.75, 3.05) is 0 Å². The fourth-order valence-corrected chi connectivity index (χ4v) is 1.93. The van der Waals surface area contributed by atoms with Gasteiger partial charge in [-0.05, 0) is 19.9 Å². The molecule has 21 heavy (non-hydrogen) atoms. The van der Waals surface area contributed by atoms with Crippen LogP contribution in [0.25, 0.3) is 0 Å². The minimum Gasteiger partial charge on any atom is -0.361 e. The normalized spacial score (nSPS) is 10.4. The van der Waals surface area contributed by atoms with Crippen molar-refractivity contribution in [1.82, 2.24) is 15.5 Å². The molecule has 0 spiro atoms. The summed E-state index contributed by atoms with van der Waals surface area (Å²) in [7, 11) is 0. The Balaban J connectivity index is 2.21. The van der Waals surface area contributed by atoms with Gasteiger partial charge in [-0.3, -0.25) is 14.9 Å². The van der Waals surface area contributed by atoms with Crippen LogP contribution in [0.15, 0.2) is 16.8 Å². The van der Waals surface area contributed by atoms with Crippen LogP contribution in [-0.2, 0) is 6.54 Å². The molecule has 2 heterocycles. The number of aromatic nitrogens is 2. The molecule has 0 fully saturated rings. The molecule has 110 valence electrons. The quantitative estimate of drug-likeness (QED) is 0.526. The molecule has 0 aliphatic carbocycles. The average molecular weight is 311 g/mol. The molecule has 0 aliphatic heterocycles. The number of nitrogens with zero attached hydrogens (tertiary/aromatic N) is 3. The molecule has 0 bridgehead atoms. The van der Waals surface area contributed by atoms with E-state index in [0.29, 0.717) is 11.5 Å². The van der Waals surface area contributed by atoms with E-state index in [1.807, 2.05) is 0 Å². The Labute approximate surface area is 124 Å². The van der Waals surface area contributed by atoms with Crippen molar-refractivity contribution < 1.29 is 14.2 Å². The number of carbonyl (C=O) groups is 1. The lowest BCUT2D eigenvalue weighted by Crippen LogP contribution is -2.24. The van der Waals surface area contributed by atoms with E-state index in [1.54, 1.807) is 13.8 Å². The number of nitro groups is 1. The first-order valence-electron chi connectivity index (χ1n) is 5.90. The zero-order valence-corrected chi connectivity index (χ0v) is 12.0. The van der Waals surface area contributed by atoms with E-state index < -0.39 is 16.5 Å². The minimum atomic E-state index is -0.686. The molecular weight excluding hydrogens is 300 g/mol. The number of hydrogen-bond acceptors (Lipinski definition) is 6. The summed E-state index contributed by atoms with van der Waals surface area (Å²) < 4.78 is 4.97. The van der Waals surface area contributed by atoms with Crippen LogP contribution in [0.4, 0.5) is 5.69 Å². The number of halogens is 1. The van der Waals surface area contributed by atoms with Crippen molar-refractivity contribution in [3.05, 3.63) is 50.1 Å². The topological polar surface area (TPSA) is 111 Å². The molecule has 2 aromatic rings. The number of amides is 1. The Morgan fingerprint density at radius 3 is 2.81 bits per heavy atom. The maximum Gasteiger partial charge on any atom is 0.300 e. The summed E-state index contributed by atoms with van der Waals surface area (Å²) in [6, 6.07) is 1.16. The van der Waals surface area contributed by atoms with E-state index in [2.05, 4.69) is 15.5 Å². The average Bonchev–Trinajstić information content (AvgIpc) is 2.75. The highest BCUT2D eigenvalue weighted by Crippen LogP contribution is 2.20. The highest BCUT2D eigenvalue weighted by molar-refractivity contribution is 6.29. The largest absolute Gasteiger partial charge is 0.361 e. The Bertz CT molecular complexity index is 694. The van der Waals surface area contributed by atoms with Crippen molar-refractivity contribution in [3.63, 3.8) is 0 Å². The van der Waals surface area contributed by atoms with E-state index >= 15 is 0 Å². The highest BCUT2D eigenvalue weighted by atomic mass is 35.5. The molecule has 0 saturated carbocycles. The zero-order chi connectivity index (χ0) is 15.6. The van der Waals surface area contributed by atoms with Gasteiger partial charge in [-0.2, -0.15) is 0 Å². The lowest BCUT2D eigenvalue weighted by molar-refractivity contribution is -0.385. The summed E-state index contributed by atoms with van der Waals surface area (Å²) in [5, 5.41) is 17.2. The van der Waals surface area contributed by atoms with Crippen LogP contribution < -0.4 is 5.32 Å². The third-order valence-electron chi connectivity index (χ3n) is 2.90. The van der Waals surface area contributed by atoms with Gasteiger partial charge in [0.2, 0.25) is 0 Å². The van der Waals surface area contributed by atoms with Crippen molar-refractivity contribution >= 4 is 23.2 Å². The van der Waals surface area contributed by atoms with Gasteiger partial charge in [0.25, 0.3) is 11.6 Å². The van der Waals surface area contributed by atoms with Gasteiger partial charge in [-0.1, -0.05) is 16.8 Å². The second-order valence-corrected chi connectivity index (χ2v) is 4.65. The zero-order valence-electron chi connectivity index (χ0n) is 11.2. The number of nitrogens with one attached hydrogen (secondary N) is 1. The Morgan fingerprint density at radius 2 is 2.24 bits per heavy atom. The predicted octanol–water partition coefficient (Wildman–Crippen LogP) is 2.18. The Kier molecular flexibility index (Phi) is 4.18. The van der Waals surface area contributed by atoms with Gasteiger partial charge in [0.05, 0.1) is 10.6 Å². The van der Waals surface area contributed by atoms with Crippen molar-refractivity contribution in [2.24, 2.45) is 0 Å². The maximum absolute atomic E-state index is 12.1. The van der Waals surface area contributed by atoms with Crippen LogP contribution in [0.3, 0.4) is 0 Å². The van der Waals surface area contributed by atoms with Crippen molar-refractivity contribution in [2.45, 2.75) is 20.4 Å². The lowest BCUT2D eigenvalue weighted by Gasteiger charge is -2.05. The number of pyridine rings is 1. The standard InChI is InChI=1S/C12H11ClN4O4/c1-6-9(7(2)21-16-6)4-15-12(18)8-3-11(13)14-5-10(8)17(19)20/h3,5H,4H2,1-2H3,(H,15,18). The SMILES string of the molecule is Cc1noc(C)c1CNC(=O)c1cc(Cl)ncc1[N+](=O)[O-]. The molecule has 1 N–H and O–H groups in total. The first kappa shape index (κ1) is 14.9. The Hall–Kier alpha value is -2.48. The molecule has 9 heteroatoms. The summed E-state index contributed by atoms with van der Waals surface area (Å²) in [5.74, 6) is -0.0407. The van der Waals surface area contributed by atoms with E-state index in [1.165, 1.54) is 0 Å². The van der Waals surface area contributed by atoms with Crippen LogP contribution >= 0.6 is 11.6 Å². The molecule has 0 aliphatic rings. The third-order valence-corrected chi connectivity index (χ3v) is 3.10. The van der Waals surface area contributed by atoms with Crippen molar-refractivity contribution in [1.29, 1.82) is 0 Å². The molecule has 2 aromatic heterocycles. The summed E-state index contributed by atoms with van der Waals surface area (Å²) in [6.45, 7) is 3.61. The van der Waals surface area contributed by atoms with Gasteiger partial charge in [0.15, 0.2) is 0 Å². The molecule has 0 unspecified atom stereocenters. The number of aryl methyl sites for hydroxylation is 2. The first-order chi connectivity index (χ1) is 9.90. The lowest BCUT2D eigenvalue weighted by atomic mass is 10.2. The molecule has 8 nitrogen and oxygen atoms in total. The second-order valence-electron chi connectivity index (χ2n) is 4.27.